The van der Waals surface area contributed by atoms with Gasteiger partial charge in [-0.2, -0.15) is 0 Å². The molecule has 1 heterocycles. The summed E-state index contributed by atoms with van der Waals surface area (Å²) < 4.78 is 10.4. The highest BCUT2D eigenvalue weighted by atomic mass is 16.5. The summed E-state index contributed by atoms with van der Waals surface area (Å²) in [6, 6.07) is 7.80. The Morgan fingerprint density at radius 3 is 2.38 bits per heavy atom. The van der Waals surface area contributed by atoms with Crippen molar-refractivity contribution in [2.45, 2.75) is 13.3 Å². The van der Waals surface area contributed by atoms with Gasteiger partial charge in [0.25, 0.3) is 0 Å². The van der Waals surface area contributed by atoms with E-state index in [-0.39, 0.29) is 6.42 Å². The fourth-order valence-electron chi connectivity index (χ4n) is 2.82. The van der Waals surface area contributed by atoms with E-state index in [9.17, 15) is 9.90 Å². The van der Waals surface area contributed by atoms with Crippen molar-refractivity contribution in [2.24, 2.45) is 0 Å². The first-order chi connectivity index (χ1) is 11.6. The van der Waals surface area contributed by atoms with Crippen LogP contribution < -0.4 is 4.90 Å². The number of benzene rings is 1. The number of aromatic nitrogens is 1. The van der Waals surface area contributed by atoms with Gasteiger partial charge in [-0.25, -0.2) is 0 Å². The normalized spacial score (nSPS) is 11.0. The first-order valence-electron chi connectivity index (χ1n) is 7.91. The molecule has 1 aromatic heterocycles. The molecule has 24 heavy (non-hydrogen) atoms. The lowest BCUT2D eigenvalue weighted by Crippen LogP contribution is -2.32. The minimum Gasteiger partial charge on any atom is -0.481 e. The summed E-state index contributed by atoms with van der Waals surface area (Å²) in [4.78, 5) is 18.1. The Labute approximate surface area is 142 Å². The molecule has 2 rings (SSSR count). The Balaban J connectivity index is 2.62. The molecule has 0 aliphatic rings. The van der Waals surface area contributed by atoms with Gasteiger partial charge in [0.15, 0.2) is 0 Å². The predicted molar refractivity (Wildman–Crippen MR) is 93.8 cm³/mol. The predicted octanol–water partition coefficient (Wildman–Crippen LogP) is 2.27. The third kappa shape index (κ3) is 4.21. The SMILES string of the molecule is COCCN(CCOC)c1c(CC(=O)O)c(C)nc2ccccc12. The molecule has 0 aliphatic heterocycles. The lowest BCUT2D eigenvalue weighted by molar-refractivity contribution is -0.136. The lowest BCUT2D eigenvalue weighted by Gasteiger charge is -2.28. The van der Waals surface area contributed by atoms with Crippen molar-refractivity contribution in [3.05, 3.63) is 35.5 Å². The Hall–Kier alpha value is -2.18. The number of hydrogen-bond acceptors (Lipinski definition) is 5. The van der Waals surface area contributed by atoms with Gasteiger partial charge in [0, 0.05) is 44.0 Å². The van der Waals surface area contributed by atoms with Crippen LogP contribution in [0.15, 0.2) is 24.3 Å². The number of carboxylic acid groups (broad SMARTS) is 1. The highest BCUT2D eigenvalue weighted by Gasteiger charge is 2.20. The van der Waals surface area contributed by atoms with Crippen LogP contribution in [0.2, 0.25) is 0 Å². The molecule has 0 bridgehead atoms. The summed E-state index contributed by atoms with van der Waals surface area (Å²) in [5.74, 6) is -0.866. The number of para-hydroxylation sites is 1. The number of methoxy groups -OCH3 is 2. The van der Waals surface area contributed by atoms with Crippen LogP contribution in [-0.2, 0) is 20.7 Å². The van der Waals surface area contributed by atoms with Gasteiger partial charge < -0.3 is 19.5 Å². The first kappa shape index (κ1) is 18.2. The second-order valence-electron chi connectivity index (χ2n) is 5.58. The maximum absolute atomic E-state index is 11.4. The number of fused-ring (bicyclic) bond motifs is 1. The van der Waals surface area contributed by atoms with Crippen molar-refractivity contribution < 1.29 is 19.4 Å². The molecule has 0 saturated heterocycles. The summed E-state index contributed by atoms with van der Waals surface area (Å²) in [5.41, 5.74) is 3.26. The number of ether oxygens (including phenoxy) is 2. The van der Waals surface area contributed by atoms with Crippen LogP contribution in [0, 0.1) is 6.92 Å². The first-order valence-corrected chi connectivity index (χ1v) is 7.91. The number of rotatable bonds is 9. The summed E-state index contributed by atoms with van der Waals surface area (Å²) in [7, 11) is 3.31. The van der Waals surface area contributed by atoms with Crippen molar-refractivity contribution in [2.75, 3.05) is 45.4 Å². The van der Waals surface area contributed by atoms with Gasteiger partial charge in [0.1, 0.15) is 0 Å². The van der Waals surface area contributed by atoms with Gasteiger partial charge in [0.2, 0.25) is 0 Å². The quantitative estimate of drug-likeness (QED) is 0.759. The Morgan fingerprint density at radius 2 is 1.79 bits per heavy atom. The van der Waals surface area contributed by atoms with Gasteiger partial charge in [0.05, 0.1) is 30.8 Å². The van der Waals surface area contributed by atoms with Crippen LogP contribution in [0.5, 0.6) is 0 Å². The Morgan fingerprint density at radius 1 is 1.17 bits per heavy atom. The van der Waals surface area contributed by atoms with Crippen LogP contribution in [0.4, 0.5) is 5.69 Å². The van der Waals surface area contributed by atoms with Gasteiger partial charge in [-0.15, -0.1) is 0 Å². The lowest BCUT2D eigenvalue weighted by atomic mass is 10.0. The van der Waals surface area contributed by atoms with E-state index in [1.54, 1.807) is 14.2 Å². The van der Waals surface area contributed by atoms with Crippen molar-refractivity contribution in [1.82, 2.24) is 4.98 Å². The smallest absolute Gasteiger partial charge is 0.307 e. The molecule has 130 valence electrons. The number of nitrogens with zero attached hydrogens (tertiary/aromatic N) is 2. The number of hydrogen-bond donors (Lipinski definition) is 1. The number of aryl methyl sites for hydroxylation is 1. The zero-order chi connectivity index (χ0) is 17.5. The maximum Gasteiger partial charge on any atom is 0.307 e. The van der Waals surface area contributed by atoms with Crippen molar-refractivity contribution >= 4 is 22.6 Å². The summed E-state index contributed by atoms with van der Waals surface area (Å²) in [6.45, 7) is 4.26. The van der Waals surface area contributed by atoms with E-state index >= 15 is 0 Å². The van der Waals surface area contributed by atoms with Crippen molar-refractivity contribution in [3.63, 3.8) is 0 Å². The van der Waals surface area contributed by atoms with Gasteiger partial charge >= 0.3 is 5.97 Å². The van der Waals surface area contributed by atoms with E-state index in [1.165, 1.54) is 0 Å². The number of carbonyl (C=O) groups is 1. The number of aliphatic carboxylic acids is 1. The monoisotopic (exact) mass is 332 g/mol. The average molecular weight is 332 g/mol. The maximum atomic E-state index is 11.4. The molecule has 0 saturated carbocycles. The second-order valence-corrected chi connectivity index (χ2v) is 5.58. The summed E-state index contributed by atoms with van der Waals surface area (Å²) >= 11 is 0. The van der Waals surface area contributed by atoms with Crippen LogP contribution in [0.1, 0.15) is 11.3 Å². The minimum atomic E-state index is -0.866. The van der Waals surface area contributed by atoms with Crippen LogP contribution in [0.3, 0.4) is 0 Å². The standard InChI is InChI=1S/C18H24N2O4/c1-13-15(12-17(21)22)18(14-6-4-5-7-16(14)19-13)20(8-10-23-2)9-11-24-3/h4-7H,8-12H2,1-3H3,(H,21,22). The minimum absolute atomic E-state index is 0.0601. The van der Waals surface area contributed by atoms with E-state index in [0.717, 1.165) is 27.8 Å². The zero-order valence-electron chi connectivity index (χ0n) is 14.4. The fraction of sp³-hybridized carbons (Fsp3) is 0.444. The number of carboxylic acids is 1. The van der Waals surface area contributed by atoms with Gasteiger partial charge in [-0.05, 0) is 13.0 Å². The van der Waals surface area contributed by atoms with Gasteiger partial charge in [-0.3, -0.25) is 9.78 Å². The van der Waals surface area contributed by atoms with Crippen molar-refractivity contribution in [3.8, 4) is 0 Å². The third-order valence-electron chi connectivity index (χ3n) is 3.94. The molecular formula is C18H24N2O4. The number of pyridine rings is 1. The largest absolute Gasteiger partial charge is 0.481 e. The molecule has 0 fully saturated rings. The molecule has 1 aromatic carbocycles. The zero-order valence-corrected chi connectivity index (χ0v) is 14.4. The molecule has 0 spiro atoms. The molecule has 0 amide bonds. The van der Waals surface area contributed by atoms with E-state index < -0.39 is 5.97 Å². The van der Waals surface area contributed by atoms with Crippen LogP contribution in [0.25, 0.3) is 10.9 Å². The molecule has 0 atom stereocenters. The molecule has 0 radical (unpaired) electrons. The van der Waals surface area contributed by atoms with E-state index in [4.69, 9.17) is 9.47 Å². The summed E-state index contributed by atoms with van der Waals surface area (Å²) in [5, 5.41) is 10.3. The van der Waals surface area contributed by atoms with E-state index in [0.29, 0.717) is 26.3 Å². The van der Waals surface area contributed by atoms with Gasteiger partial charge in [-0.1, -0.05) is 18.2 Å². The number of anilines is 1. The van der Waals surface area contributed by atoms with Crippen molar-refractivity contribution in [1.29, 1.82) is 0 Å². The summed E-state index contributed by atoms with van der Waals surface area (Å²) in [6.07, 6.45) is -0.0601. The molecule has 6 heteroatoms. The third-order valence-corrected chi connectivity index (χ3v) is 3.94. The highest BCUT2D eigenvalue weighted by molar-refractivity contribution is 5.95. The molecule has 2 aromatic rings. The molecule has 0 aliphatic carbocycles. The van der Waals surface area contributed by atoms with Crippen LogP contribution >= 0.6 is 0 Å². The molecule has 1 N–H and O–H groups in total. The topological polar surface area (TPSA) is 71.9 Å². The molecular weight excluding hydrogens is 308 g/mol. The van der Waals surface area contributed by atoms with E-state index in [1.807, 2.05) is 31.2 Å². The Kier molecular flexibility index (Phi) is 6.52. The molecule has 6 nitrogen and oxygen atoms in total. The average Bonchev–Trinajstić information content (AvgIpc) is 2.56. The Bertz CT molecular complexity index is 695. The highest BCUT2D eigenvalue weighted by Crippen LogP contribution is 2.32. The second kappa shape index (κ2) is 8.61. The fourth-order valence-corrected chi connectivity index (χ4v) is 2.82. The van der Waals surface area contributed by atoms with Crippen LogP contribution in [-0.4, -0.2) is 56.6 Å². The van der Waals surface area contributed by atoms with E-state index in [2.05, 4.69) is 9.88 Å². The molecule has 0 unspecified atom stereocenters.